The number of pyridine rings is 1. The Balaban J connectivity index is 1.92. The first-order valence-corrected chi connectivity index (χ1v) is 10.6. The summed E-state index contributed by atoms with van der Waals surface area (Å²) in [6, 6.07) is 13.0. The summed E-state index contributed by atoms with van der Waals surface area (Å²) in [7, 11) is 0. The van der Waals surface area contributed by atoms with Crippen LogP contribution in [0, 0.1) is 5.92 Å². The second kappa shape index (κ2) is 11.8. The third-order valence-electron chi connectivity index (χ3n) is 5.25. The minimum absolute atomic E-state index is 0.167. The quantitative estimate of drug-likeness (QED) is 0.497. The van der Waals surface area contributed by atoms with Crippen LogP contribution >= 0.6 is 0 Å². The van der Waals surface area contributed by atoms with Gasteiger partial charge in [0.05, 0.1) is 6.10 Å². The number of halogens is 1. The number of rotatable bonds is 12. The molecule has 0 aliphatic rings. The van der Waals surface area contributed by atoms with Crippen molar-refractivity contribution < 1.29 is 14.3 Å². The van der Waals surface area contributed by atoms with Crippen LogP contribution in [-0.4, -0.2) is 40.4 Å². The van der Waals surface area contributed by atoms with Gasteiger partial charge in [-0.1, -0.05) is 30.3 Å². The number of aliphatic hydroxyl groups excluding tert-OH is 1. The van der Waals surface area contributed by atoms with E-state index in [9.17, 15) is 14.3 Å². The van der Waals surface area contributed by atoms with Crippen molar-refractivity contribution >= 4 is 5.91 Å². The molecular weight excluding hydrogens is 381 g/mol. The minimum atomic E-state index is -1.37. The van der Waals surface area contributed by atoms with Crippen LogP contribution < -0.4 is 11.1 Å². The molecule has 3 atom stereocenters. The van der Waals surface area contributed by atoms with Gasteiger partial charge in [-0.2, -0.15) is 0 Å². The van der Waals surface area contributed by atoms with E-state index in [2.05, 4.69) is 10.3 Å². The number of nitrogens with one attached hydrogen (secondary N) is 1. The summed E-state index contributed by atoms with van der Waals surface area (Å²) in [5.41, 5.74) is 6.94. The first-order valence-electron chi connectivity index (χ1n) is 10.6. The average Bonchev–Trinajstić information content (AvgIpc) is 2.71. The van der Waals surface area contributed by atoms with E-state index in [0.29, 0.717) is 25.8 Å². The van der Waals surface area contributed by atoms with Gasteiger partial charge in [-0.15, -0.1) is 0 Å². The highest BCUT2D eigenvalue weighted by Gasteiger charge is 2.28. The number of nitrogens with zero attached hydrogens (tertiary/aromatic N) is 1. The zero-order chi connectivity index (χ0) is 22.0. The zero-order valence-electron chi connectivity index (χ0n) is 17.9. The minimum Gasteiger partial charge on any atom is -0.391 e. The fourth-order valence-electron chi connectivity index (χ4n) is 3.39. The lowest BCUT2D eigenvalue weighted by molar-refractivity contribution is -0.126. The largest absolute Gasteiger partial charge is 0.391 e. The van der Waals surface area contributed by atoms with E-state index in [0.717, 1.165) is 11.1 Å². The van der Waals surface area contributed by atoms with E-state index in [4.69, 9.17) is 5.73 Å². The van der Waals surface area contributed by atoms with Crippen LogP contribution in [0.25, 0.3) is 0 Å². The van der Waals surface area contributed by atoms with Gasteiger partial charge in [-0.05, 0) is 69.2 Å². The van der Waals surface area contributed by atoms with Gasteiger partial charge in [0.1, 0.15) is 5.67 Å². The number of benzene rings is 1. The van der Waals surface area contributed by atoms with Crippen LogP contribution in [0.5, 0.6) is 0 Å². The number of alkyl halides is 1. The maximum absolute atomic E-state index is 14.0. The van der Waals surface area contributed by atoms with Gasteiger partial charge in [-0.25, -0.2) is 4.39 Å². The Morgan fingerprint density at radius 3 is 2.47 bits per heavy atom. The molecule has 0 unspecified atom stereocenters. The maximum Gasteiger partial charge on any atom is 0.223 e. The summed E-state index contributed by atoms with van der Waals surface area (Å²) in [6.07, 6.45) is 4.62. The zero-order valence-corrected chi connectivity index (χ0v) is 17.9. The van der Waals surface area contributed by atoms with Crippen molar-refractivity contribution in [2.24, 2.45) is 11.7 Å². The average molecular weight is 416 g/mol. The molecule has 1 heterocycles. The Hall–Kier alpha value is -2.31. The van der Waals surface area contributed by atoms with Gasteiger partial charge in [0.15, 0.2) is 0 Å². The molecule has 164 valence electrons. The van der Waals surface area contributed by atoms with Crippen LogP contribution in [0.1, 0.15) is 44.2 Å². The summed E-state index contributed by atoms with van der Waals surface area (Å²) < 4.78 is 14.0. The van der Waals surface area contributed by atoms with Crippen LogP contribution in [0.2, 0.25) is 0 Å². The molecule has 0 spiro atoms. The normalized spacial score (nSPS) is 14.7. The SMILES string of the molecule is CC(C)(F)CC[C@H](C[C@H](O)[C@@H](N)Cc1ccccc1)C(=O)NCCc1ccncc1. The third-order valence-corrected chi connectivity index (χ3v) is 5.25. The number of hydrogen-bond acceptors (Lipinski definition) is 4. The van der Waals surface area contributed by atoms with Crippen molar-refractivity contribution in [3.8, 4) is 0 Å². The van der Waals surface area contributed by atoms with E-state index in [1.807, 2.05) is 42.5 Å². The highest BCUT2D eigenvalue weighted by atomic mass is 19.1. The lowest BCUT2D eigenvalue weighted by Gasteiger charge is -2.25. The van der Waals surface area contributed by atoms with Crippen LogP contribution in [0.15, 0.2) is 54.9 Å². The molecule has 0 saturated carbocycles. The molecule has 0 radical (unpaired) electrons. The topological polar surface area (TPSA) is 88.2 Å². The summed E-state index contributed by atoms with van der Waals surface area (Å²) >= 11 is 0. The monoisotopic (exact) mass is 415 g/mol. The van der Waals surface area contributed by atoms with Crippen molar-refractivity contribution in [3.63, 3.8) is 0 Å². The molecule has 0 bridgehead atoms. The maximum atomic E-state index is 14.0. The molecule has 0 aliphatic carbocycles. The molecule has 30 heavy (non-hydrogen) atoms. The van der Waals surface area contributed by atoms with Gasteiger partial charge in [0.2, 0.25) is 5.91 Å². The molecule has 1 aromatic carbocycles. The van der Waals surface area contributed by atoms with E-state index >= 15 is 0 Å². The van der Waals surface area contributed by atoms with Crippen LogP contribution in [0.4, 0.5) is 4.39 Å². The van der Waals surface area contributed by atoms with Crippen molar-refractivity contribution in [2.45, 2.75) is 63.8 Å². The van der Waals surface area contributed by atoms with Crippen LogP contribution in [0.3, 0.4) is 0 Å². The Morgan fingerprint density at radius 2 is 1.83 bits per heavy atom. The molecule has 0 fully saturated rings. The van der Waals surface area contributed by atoms with Gasteiger partial charge in [0.25, 0.3) is 0 Å². The molecule has 0 saturated heterocycles. The van der Waals surface area contributed by atoms with Crippen molar-refractivity contribution in [1.82, 2.24) is 10.3 Å². The van der Waals surface area contributed by atoms with E-state index < -0.39 is 23.7 Å². The predicted molar refractivity (Wildman–Crippen MR) is 118 cm³/mol. The lowest BCUT2D eigenvalue weighted by atomic mass is 9.88. The molecule has 6 heteroatoms. The molecule has 1 aromatic heterocycles. The number of aromatic nitrogens is 1. The fourth-order valence-corrected chi connectivity index (χ4v) is 3.39. The van der Waals surface area contributed by atoms with Gasteiger partial charge in [-0.3, -0.25) is 9.78 Å². The number of nitrogens with two attached hydrogens (primary N) is 1. The summed E-state index contributed by atoms with van der Waals surface area (Å²) in [4.78, 5) is 16.7. The molecule has 1 amide bonds. The Kier molecular flexibility index (Phi) is 9.40. The third kappa shape index (κ3) is 9.01. The van der Waals surface area contributed by atoms with E-state index in [-0.39, 0.29) is 18.7 Å². The Labute approximate surface area is 178 Å². The number of carbonyl (C=O) groups is 1. The molecule has 0 aliphatic heterocycles. The summed E-state index contributed by atoms with van der Waals surface area (Å²) in [5.74, 6) is -0.659. The predicted octanol–water partition coefficient (Wildman–Crippen LogP) is 3.21. The van der Waals surface area contributed by atoms with Crippen molar-refractivity contribution in [3.05, 3.63) is 66.0 Å². The number of amides is 1. The van der Waals surface area contributed by atoms with Crippen molar-refractivity contribution in [1.29, 1.82) is 0 Å². The number of hydrogen-bond donors (Lipinski definition) is 3. The van der Waals surface area contributed by atoms with Crippen molar-refractivity contribution in [2.75, 3.05) is 6.54 Å². The molecular formula is C24H34FN3O2. The number of aliphatic hydroxyl groups is 1. The molecule has 5 nitrogen and oxygen atoms in total. The highest BCUT2D eigenvalue weighted by Crippen LogP contribution is 2.24. The smallest absolute Gasteiger partial charge is 0.223 e. The first kappa shape index (κ1) is 24.0. The van der Waals surface area contributed by atoms with Crippen LogP contribution in [-0.2, 0) is 17.6 Å². The van der Waals surface area contributed by atoms with Gasteiger partial charge in [0, 0.05) is 30.9 Å². The van der Waals surface area contributed by atoms with E-state index in [1.54, 1.807) is 12.4 Å². The highest BCUT2D eigenvalue weighted by molar-refractivity contribution is 5.78. The van der Waals surface area contributed by atoms with E-state index in [1.165, 1.54) is 13.8 Å². The van der Waals surface area contributed by atoms with Gasteiger partial charge >= 0.3 is 0 Å². The first-order chi connectivity index (χ1) is 14.2. The second-order valence-electron chi connectivity index (χ2n) is 8.51. The summed E-state index contributed by atoms with van der Waals surface area (Å²) in [6.45, 7) is 3.48. The molecule has 4 N–H and O–H groups in total. The molecule has 2 aromatic rings. The summed E-state index contributed by atoms with van der Waals surface area (Å²) in [5, 5.41) is 13.6. The Bertz CT molecular complexity index is 750. The Morgan fingerprint density at radius 1 is 1.17 bits per heavy atom. The lowest BCUT2D eigenvalue weighted by Crippen LogP contribution is -2.41. The second-order valence-corrected chi connectivity index (χ2v) is 8.51. The standard InChI is InChI=1S/C24H34FN3O2/c1-24(2,25)12-8-20(23(30)28-15-11-18-9-13-27-14-10-18)17-22(29)21(26)16-19-6-4-3-5-7-19/h3-7,9-10,13-14,20-22,29H,8,11-12,15-17,26H2,1-2H3,(H,28,30)/t20-,21+,22+/m1/s1. The van der Waals surface area contributed by atoms with Gasteiger partial charge < -0.3 is 16.2 Å². The number of carbonyl (C=O) groups excluding carboxylic acids is 1. The molecule has 2 rings (SSSR count). The fraction of sp³-hybridized carbons (Fsp3) is 0.500.